The van der Waals surface area contributed by atoms with E-state index in [4.69, 9.17) is 12.2 Å². The number of halogens is 1. The summed E-state index contributed by atoms with van der Waals surface area (Å²) >= 11 is 5.05. The topological polar surface area (TPSA) is 58.2 Å². The molecule has 0 spiro atoms. The second-order valence-corrected chi connectivity index (χ2v) is 5.37. The van der Waals surface area contributed by atoms with Gasteiger partial charge in [-0.3, -0.25) is 14.9 Å². The zero-order valence-corrected chi connectivity index (χ0v) is 13.7. The van der Waals surface area contributed by atoms with Crippen LogP contribution in [0.3, 0.4) is 0 Å². The van der Waals surface area contributed by atoms with Gasteiger partial charge in [0, 0.05) is 17.3 Å². The molecular formula is C18H15FN2O2S. The van der Waals surface area contributed by atoms with Crippen LogP contribution in [-0.2, 0) is 4.79 Å². The van der Waals surface area contributed by atoms with Crippen LogP contribution in [0.4, 0.5) is 10.1 Å². The fourth-order valence-electron chi connectivity index (χ4n) is 1.85. The Morgan fingerprint density at radius 1 is 1.04 bits per heavy atom. The molecule has 1 amide bonds. The van der Waals surface area contributed by atoms with Crippen LogP contribution < -0.4 is 10.6 Å². The summed E-state index contributed by atoms with van der Waals surface area (Å²) in [5.41, 5.74) is 1.95. The van der Waals surface area contributed by atoms with Crippen LogP contribution in [-0.4, -0.2) is 16.8 Å². The van der Waals surface area contributed by atoms with Gasteiger partial charge in [0.25, 0.3) is 0 Å². The molecule has 0 saturated carbocycles. The Balaban J connectivity index is 1.88. The van der Waals surface area contributed by atoms with Gasteiger partial charge in [-0.1, -0.05) is 12.1 Å². The number of hydrogen-bond acceptors (Lipinski definition) is 3. The summed E-state index contributed by atoms with van der Waals surface area (Å²) in [6.07, 6.45) is 2.86. The number of amides is 1. The molecule has 0 aliphatic rings. The van der Waals surface area contributed by atoms with Crippen LogP contribution in [0.15, 0.2) is 54.6 Å². The number of benzene rings is 2. The molecule has 0 fully saturated rings. The van der Waals surface area contributed by atoms with Crippen molar-refractivity contribution in [1.29, 1.82) is 0 Å². The molecule has 2 N–H and O–H groups in total. The van der Waals surface area contributed by atoms with Gasteiger partial charge in [-0.15, -0.1) is 0 Å². The smallest absolute Gasteiger partial charge is 0.250 e. The second-order valence-electron chi connectivity index (χ2n) is 4.96. The molecule has 0 saturated heterocycles. The fraction of sp³-hybridized carbons (Fsp3) is 0.0556. The van der Waals surface area contributed by atoms with Crippen LogP contribution >= 0.6 is 12.2 Å². The van der Waals surface area contributed by atoms with Crippen molar-refractivity contribution < 1.29 is 14.0 Å². The SMILES string of the molecule is CC(=O)c1ccc(NC(=S)NC(=O)/C=C/c2ccc(F)cc2)cc1. The van der Waals surface area contributed by atoms with Crippen molar-refractivity contribution in [1.82, 2.24) is 5.32 Å². The third-order valence-corrected chi connectivity index (χ3v) is 3.29. The number of ketones is 1. The van der Waals surface area contributed by atoms with Gasteiger partial charge >= 0.3 is 0 Å². The van der Waals surface area contributed by atoms with Crippen molar-refractivity contribution in [2.75, 3.05) is 5.32 Å². The lowest BCUT2D eigenvalue weighted by atomic mass is 10.1. The third-order valence-electron chi connectivity index (χ3n) is 3.08. The zero-order valence-electron chi connectivity index (χ0n) is 12.9. The van der Waals surface area contributed by atoms with Gasteiger partial charge in [0.1, 0.15) is 5.82 Å². The maximum absolute atomic E-state index is 12.8. The Morgan fingerprint density at radius 2 is 1.67 bits per heavy atom. The number of Topliss-reactive ketones (excluding diaryl/α,β-unsaturated/α-hetero) is 1. The third kappa shape index (κ3) is 5.40. The lowest BCUT2D eigenvalue weighted by Crippen LogP contribution is -2.32. The highest BCUT2D eigenvalue weighted by Crippen LogP contribution is 2.10. The van der Waals surface area contributed by atoms with Crippen molar-refractivity contribution in [3.05, 3.63) is 71.6 Å². The van der Waals surface area contributed by atoms with E-state index in [1.807, 2.05) is 0 Å². The highest BCUT2D eigenvalue weighted by molar-refractivity contribution is 7.80. The van der Waals surface area contributed by atoms with Crippen LogP contribution in [0.1, 0.15) is 22.8 Å². The number of carbonyl (C=O) groups is 2. The Kier molecular flexibility index (Phi) is 5.92. The Bertz CT molecular complexity index is 784. The summed E-state index contributed by atoms with van der Waals surface area (Å²) in [5, 5.41) is 5.49. The molecule has 122 valence electrons. The van der Waals surface area contributed by atoms with Gasteiger partial charge in [0.2, 0.25) is 5.91 Å². The molecule has 2 aromatic carbocycles. The second kappa shape index (κ2) is 8.12. The van der Waals surface area contributed by atoms with E-state index < -0.39 is 5.91 Å². The normalized spacial score (nSPS) is 10.4. The number of hydrogen-bond donors (Lipinski definition) is 2. The first-order valence-electron chi connectivity index (χ1n) is 7.10. The maximum Gasteiger partial charge on any atom is 0.250 e. The van der Waals surface area contributed by atoms with E-state index in [9.17, 15) is 14.0 Å². The van der Waals surface area contributed by atoms with E-state index in [1.54, 1.807) is 42.5 Å². The largest absolute Gasteiger partial charge is 0.332 e. The van der Waals surface area contributed by atoms with Crippen molar-refractivity contribution in [3.63, 3.8) is 0 Å². The average molecular weight is 342 g/mol. The van der Waals surface area contributed by atoms with E-state index in [1.165, 1.54) is 25.1 Å². The van der Waals surface area contributed by atoms with Gasteiger partial charge in [-0.25, -0.2) is 4.39 Å². The molecule has 2 rings (SSSR count). The summed E-state index contributed by atoms with van der Waals surface area (Å²) < 4.78 is 12.8. The Hall–Kier alpha value is -2.86. The molecular weight excluding hydrogens is 327 g/mol. The van der Waals surface area contributed by atoms with E-state index in [-0.39, 0.29) is 16.7 Å². The van der Waals surface area contributed by atoms with E-state index in [2.05, 4.69) is 10.6 Å². The van der Waals surface area contributed by atoms with Crippen LogP contribution in [0.2, 0.25) is 0 Å². The zero-order chi connectivity index (χ0) is 17.5. The van der Waals surface area contributed by atoms with Crippen molar-refractivity contribution in [2.45, 2.75) is 6.92 Å². The van der Waals surface area contributed by atoms with Crippen LogP contribution in [0.5, 0.6) is 0 Å². The molecule has 24 heavy (non-hydrogen) atoms. The number of carbonyl (C=O) groups excluding carboxylic acids is 2. The standard InChI is InChI=1S/C18H15FN2O2S/c1-12(22)14-5-9-16(10-6-14)20-18(24)21-17(23)11-4-13-2-7-15(19)8-3-13/h2-11H,1H3,(H2,20,21,23,24)/b11-4+. The Morgan fingerprint density at radius 3 is 2.25 bits per heavy atom. The predicted molar refractivity (Wildman–Crippen MR) is 96.2 cm³/mol. The van der Waals surface area contributed by atoms with Gasteiger partial charge in [0.15, 0.2) is 10.9 Å². The number of thiocarbonyl (C=S) groups is 1. The number of anilines is 1. The highest BCUT2D eigenvalue weighted by atomic mass is 32.1. The molecule has 0 aromatic heterocycles. The summed E-state index contributed by atoms with van der Waals surface area (Å²) in [4.78, 5) is 23.0. The van der Waals surface area contributed by atoms with Gasteiger partial charge in [0.05, 0.1) is 0 Å². The first kappa shape index (κ1) is 17.5. The molecule has 6 heteroatoms. The molecule has 0 bridgehead atoms. The molecule has 0 aliphatic carbocycles. The highest BCUT2D eigenvalue weighted by Gasteiger charge is 2.03. The van der Waals surface area contributed by atoms with E-state index in [0.717, 1.165) is 0 Å². The first-order chi connectivity index (χ1) is 11.4. The van der Waals surface area contributed by atoms with Gasteiger partial charge in [-0.2, -0.15) is 0 Å². The van der Waals surface area contributed by atoms with Crippen LogP contribution in [0.25, 0.3) is 6.08 Å². The fourth-order valence-corrected chi connectivity index (χ4v) is 2.07. The minimum atomic E-state index is -0.405. The monoisotopic (exact) mass is 342 g/mol. The van der Waals surface area contributed by atoms with Crippen LogP contribution in [0, 0.1) is 5.82 Å². The molecule has 0 radical (unpaired) electrons. The molecule has 0 heterocycles. The minimum absolute atomic E-state index is 0.0247. The van der Waals surface area contributed by atoms with Crippen molar-refractivity contribution >= 4 is 40.8 Å². The number of rotatable bonds is 4. The van der Waals surface area contributed by atoms with Gasteiger partial charge < -0.3 is 5.32 Å². The molecule has 0 aliphatic heterocycles. The Labute approximate surface area is 144 Å². The lowest BCUT2D eigenvalue weighted by Gasteiger charge is -2.08. The first-order valence-corrected chi connectivity index (χ1v) is 7.51. The maximum atomic E-state index is 12.8. The van der Waals surface area contributed by atoms with E-state index in [0.29, 0.717) is 16.8 Å². The minimum Gasteiger partial charge on any atom is -0.332 e. The lowest BCUT2D eigenvalue weighted by molar-refractivity contribution is -0.115. The summed E-state index contributed by atoms with van der Waals surface area (Å²) in [6, 6.07) is 12.5. The predicted octanol–water partition coefficient (Wildman–Crippen LogP) is 3.55. The van der Waals surface area contributed by atoms with Crippen molar-refractivity contribution in [3.8, 4) is 0 Å². The molecule has 0 unspecified atom stereocenters. The molecule has 0 atom stereocenters. The van der Waals surface area contributed by atoms with E-state index >= 15 is 0 Å². The summed E-state index contributed by atoms with van der Waals surface area (Å²) in [7, 11) is 0. The average Bonchev–Trinajstić information content (AvgIpc) is 2.54. The van der Waals surface area contributed by atoms with Gasteiger partial charge in [-0.05, 0) is 67.2 Å². The number of nitrogens with one attached hydrogen (secondary N) is 2. The summed E-state index contributed by atoms with van der Waals surface area (Å²) in [5.74, 6) is -0.765. The van der Waals surface area contributed by atoms with Crippen molar-refractivity contribution in [2.24, 2.45) is 0 Å². The molecule has 2 aromatic rings. The summed E-state index contributed by atoms with van der Waals surface area (Å²) in [6.45, 7) is 1.49. The molecule has 4 nitrogen and oxygen atoms in total. The quantitative estimate of drug-likeness (QED) is 0.507.